The van der Waals surface area contributed by atoms with Crippen LogP contribution in [0.15, 0.2) is 24.3 Å². The molecule has 25 heavy (non-hydrogen) atoms. The summed E-state index contributed by atoms with van der Waals surface area (Å²) in [5.41, 5.74) is 0. The van der Waals surface area contributed by atoms with E-state index in [4.69, 9.17) is 14.2 Å². The number of rotatable bonds is 7. The molecule has 0 bridgehead atoms. The molecule has 1 fully saturated rings. The number of para-hydroxylation sites is 2. The summed E-state index contributed by atoms with van der Waals surface area (Å²) in [6.45, 7) is -0.540. The number of carbonyl (C=O) groups excluding carboxylic acids is 2. The van der Waals surface area contributed by atoms with Gasteiger partial charge in [0.15, 0.2) is 24.7 Å². The molecular weight excluding hydrogens is 322 g/mol. The Hall–Kier alpha value is -2.24. The minimum atomic E-state index is -0.585. The van der Waals surface area contributed by atoms with Gasteiger partial charge in [0.1, 0.15) is 0 Å². The molecule has 6 heteroatoms. The summed E-state index contributed by atoms with van der Waals surface area (Å²) >= 11 is 0. The standard InChI is InChI=1S/C19H27NO5/c1-23-16-11-7-8-12-17(16)24-14-19(22)25-13-18(21)20-15-9-5-3-2-4-6-10-15/h7-8,11-12,15H,2-6,9-10,13-14H2,1H3,(H,20,21). The average molecular weight is 349 g/mol. The predicted molar refractivity (Wildman–Crippen MR) is 93.7 cm³/mol. The van der Waals surface area contributed by atoms with E-state index >= 15 is 0 Å². The number of ether oxygens (including phenoxy) is 3. The van der Waals surface area contributed by atoms with Crippen LogP contribution in [-0.4, -0.2) is 38.2 Å². The second-order valence-electron chi connectivity index (χ2n) is 6.21. The Labute approximate surface area is 148 Å². The molecule has 0 spiro atoms. The molecule has 1 aromatic rings. The zero-order chi connectivity index (χ0) is 17.9. The second kappa shape index (κ2) is 10.6. The number of nitrogens with one attached hydrogen (secondary N) is 1. The Morgan fingerprint density at radius 2 is 1.64 bits per heavy atom. The first-order valence-electron chi connectivity index (χ1n) is 8.90. The zero-order valence-electron chi connectivity index (χ0n) is 14.8. The maximum Gasteiger partial charge on any atom is 0.344 e. The maximum absolute atomic E-state index is 11.9. The molecule has 1 amide bonds. The Kier molecular flexibility index (Phi) is 8.09. The molecule has 1 saturated carbocycles. The largest absolute Gasteiger partial charge is 0.493 e. The summed E-state index contributed by atoms with van der Waals surface area (Å²) in [5, 5.41) is 2.96. The van der Waals surface area contributed by atoms with Crippen molar-refractivity contribution in [2.45, 2.75) is 51.0 Å². The summed E-state index contributed by atoms with van der Waals surface area (Å²) in [7, 11) is 1.53. The Morgan fingerprint density at radius 3 is 2.32 bits per heavy atom. The van der Waals surface area contributed by atoms with Crippen molar-refractivity contribution in [3.8, 4) is 11.5 Å². The van der Waals surface area contributed by atoms with Crippen molar-refractivity contribution in [1.82, 2.24) is 5.32 Å². The third-order valence-electron chi connectivity index (χ3n) is 4.25. The van der Waals surface area contributed by atoms with Gasteiger partial charge in [-0.2, -0.15) is 0 Å². The number of amides is 1. The van der Waals surface area contributed by atoms with Crippen LogP contribution >= 0.6 is 0 Å². The lowest BCUT2D eigenvalue weighted by atomic mass is 9.97. The van der Waals surface area contributed by atoms with E-state index in [9.17, 15) is 9.59 Å². The van der Waals surface area contributed by atoms with Crippen molar-refractivity contribution in [2.24, 2.45) is 0 Å². The summed E-state index contributed by atoms with van der Waals surface area (Å²) in [4.78, 5) is 23.7. The fraction of sp³-hybridized carbons (Fsp3) is 0.579. The van der Waals surface area contributed by atoms with Crippen molar-refractivity contribution < 1.29 is 23.8 Å². The normalized spacial score (nSPS) is 15.6. The Balaban J connectivity index is 1.67. The summed E-state index contributed by atoms with van der Waals surface area (Å²) in [5.74, 6) is 0.160. The molecule has 0 radical (unpaired) electrons. The lowest BCUT2D eigenvalue weighted by Crippen LogP contribution is -2.38. The number of benzene rings is 1. The SMILES string of the molecule is COc1ccccc1OCC(=O)OCC(=O)NC1CCCCCCC1. The van der Waals surface area contributed by atoms with E-state index in [-0.39, 0.29) is 25.2 Å². The van der Waals surface area contributed by atoms with Gasteiger partial charge in [-0.3, -0.25) is 4.79 Å². The van der Waals surface area contributed by atoms with Gasteiger partial charge < -0.3 is 19.5 Å². The topological polar surface area (TPSA) is 73.9 Å². The number of hydrogen-bond donors (Lipinski definition) is 1. The molecule has 1 aliphatic rings. The molecule has 6 nitrogen and oxygen atoms in total. The third kappa shape index (κ3) is 7.03. The number of hydrogen-bond acceptors (Lipinski definition) is 5. The quantitative estimate of drug-likeness (QED) is 0.766. The summed E-state index contributed by atoms with van der Waals surface area (Å²) in [6.07, 6.45) is 8.00. The molecule has 1 aromatic carbocycles. The molecule has 2 rings (SSSR count). The van der Waals surface area contributed by atoms with Gasteiger partial charge in [0.2, 0.25) is 0 Å². The third-order valence-corrected chi connectivity index (χ3v) is 4.25. The highest BCUT2D eigenvalue weighted by molar-refractivity contribution is 5.81. The van der Waals surface area contributed by atoms with Crippen LogP contribution in [-0.2, 0) is 14.3 Å². The molecule has 0 saturated heterocycles. The first-order chi connectivity index (χ1) is 12.2. The van der Waals surface area contributed by atoms with Gasteiger partial charge in [0.25, 0.3) is 5.91 Å². The first-order valence-corrected chi connectivity index (χ1v) is 8.90. The molecule has 0 heterocycles. The van der Waals surface area contributed by atoms with E-state index in [2.05, 4.69) is 5.32 Å². The van der Waals surface area contributed by atoms with Gasteiger partial charge >= 0.3 is 5.97 Å². The first kappa shape index (κ1) is 19.1. The molecule has 1 aliphatic carbocycles. The Bertz CT molecular complexity index is 553. The second-order valence-corrected chi connectivity index (χ2v) is 6.21. The van der Waals surface area contributed by atoms with Crippen molar-refractivity contribution in [2.75, 3.05) is 20.3 Å². The van der Waals surface area contributed by atoms with Crippen LogP contribution in [0.3, 0.4) is 0 Å². The van der Waals surface area contributed by atoms with Crippen LogP contribution < -0.4 is 14.8 Å². The lowest BCUT2D eigenvalue weighted by Gasteiger charge is -2.20. The maximum atomic E-state index is 11.9. The highest BCUT2D eigenvalue weighted by Gasteiger charge is 2.15. The van der Waals surface area contributed by atoms with Crippen molar-refractivity contribution in [3.05, 3.63) is 24.3 Å². The van der Waals surface area contributed by atoms with E-state index in [0.717, 1.165) is 25.7 Å². The van der Waals surface area contributed by atoms with E-state index in [1.807, 2.05) is 6.07 Å². The molecule has 1 N–H and O–H groups in total. The number of carbonyl (C=O) groups is 2. The van der Waals surface area contributed by atoms with Gasteiger partial charge in [0, 0.05) is 6.04 Å². The molecule has 0 unspecified atom stereocenters. The summed E-state index contributed by atoms with van der Waals surface area (Å²) < 4.78 is 15.5. The number of esters is 1. The van der Waals surface area contributed by atoms with Crippen LogP contribution in [0.5, 0.6) is 11.5 Å². The van der Waals surface area contributed by atoms with Crippen LogP contribution in [0, 0.1) is 0 Å². The molecule has 0 aliphatic heterocycles. The van der Waals surface area contributed by atoms with Gasteiger partial charge in [0.05, 0.1) is 7.11 Å². The summed E-state index contributed by atoms with van der Waals surface area (Å²) in [6, 6.07) is 7.22. The lowest BCUT2D eigenvalue weighted by molar-refractivity contribution is -0.150. The van der Waals surface area contributed by atoms with Crippen LogP contribution in [0.2, 0.25) is 0 Å². The number of methoxy groups -OCH3 is 1. The van der Waals surface area contributed by atoms with Crippen molar-refractivity contribution in [1.29, 1.82) is 0 Å². The van der Waals surface area contributed by atoms with Crippen LogP contribution in [0.25, 0.3) is 0 Å². The van der Waals surface area contributed by atoms with Gasteiger partial charge in [-0.05, 0) is 25.0 Å². The molecule has 138 valence electrons. The minimum absolute atomic E-state index is 0.191. The zero-order valence-corrected chi connectivity index (χ0v) is 14.8. The van der Waals surface area contributed by atoms with E-state index < -0.39 is 5.97 Å². The van der Waals surface area contributed by atoms with Gasteiger partial charge in [-0.1, -0.05) is 44.2 Å². The van der Waals surface area contributed by atoms with E-state index in [1.165, 1.54) is 26.4 Å². The van der Waals surface area contributed by atoms with Crippen LogP contribution in [0.4, 0.5) is 0 Å². The minimum Gasteiger partial charge on any atom is -0.493 e. The molecule has 0 aromatic heterocycles. The van der Waals surface area contributed by atoms with Crippen LogP contribution in [0.1, 0.15) is 44.9 Å². The van der Waals surface area contributed by atoms with Gasteiger partial charge in [-0.25, -0.2) is 4.79 Å². The molecular formula is C19H27NO5. The van der Waals surface area contributed by atoms with E-state index in [0.29, 0.717) is 11.5 Å². The van der Waals surface area contributed by atoms with Gasteiger partial charge in [-0.15, -0.1) is 0 Å². The van der Waals surface area contributed by atoms with Crippen molar-refractivity contribution in [3.63, 3.8) is 0 Å². The predicted octanol–water partition coefficient (Wildman–Crippen LogP) is 2.85. The van der Waals surface area contributed by atoms with Crippen molar-refractivity contribution >= 4 is 11.9 Å². The average Bonchev–Trinajstić information content (AvgIpc) is 2.60. The highest BCUT2D eigenvalue weighted by atomic mass is 16.6. The highest BCUT2D eigenvalue weighted by Crippen LogP contribution is 2.25. The fourth-order valence-electron chi connectivity index (χ4n) is 2.93. The van der Waals surface area contributed by atoms with E-state index in [1.54, 1.807) is 18.2 Å². The fourth-order valence-corrected chi connectivity index (χ4v) is 2.93. The monoisotopic (exact) mass is 349 g/mol. The molecule has 0 atom stereocenters. The smallest absolute Gasteiger partial charge is 0.344 e. The Morgan fingerprint density at radius 1 is 1.00 bits per heavy atom.